The summed E-state index contributed by atoms with van der Waals surface area (Å²) in [6.07, 6.45) is -2.21. The second kappa shape index (κ2) is 7.83. The molecular weight excluding hydrogens is 431 g/mol. The van der Waals surface area contributed by atoms with E-state index in [4.69, 9.17) is 0 Å². The van der Waals surface area contributed by atoms with Gasteiger partial charge in [0.15, 0.2) is 11.5 Å². The van der Waals surface area contributed by atoms with E-state index >= 15 is 0 Å². The van der Waals surface area contributed by atoms with Crippen LogP contribution in [0.5, 0.6) is 0 Å². The van der Waals surface area contributed by atoms with Gasteiger partial charge in [0, 0.05) is 43.2 Å². The van der Waals surface area contributed by atoms with Crippen molar-refractivity contribution in [1.29, 1.82) is 0 Å². The van der Waals surface area contributed by atoms with E-state index in [1.165, 1.54) is 10.7 Å². The number of halogens is 5. The van der Waals surface area contributed by atoms with E-state index in [1.54, 1.807) is 4.90 Å². The van der Waals surface area contributed by atoms with Crippen LogP contribution in [-0.4, -0.2) is 52.4 Å². The lowest BCUT2D eigenvalue weighted by molar-refractivity contribution is -0.138. The Morgan fingerprint density at radius 2 is 1.94 bits per heavy atom. The van der Waals surface area contributed by atoms with E-state index in [9.17, 15) is 26.7 Å². The van der Waals surface area contributed by atoms with Crippen LogP contribution in [0, 0.1) is 17.6 Å². The fourth-order valence-corrected chi connectivity index (χ4v) is 4.97. The quantitative estimate of drug-likeness (QED) is 0.696. The number of likely N-dealkylation sites (tertiary alicyclic amines) is 1. The third-order valence-electron chi connectivity index (χ3n) is 6.75. The van der Waals surface area contributed by atoms with Crippen LogP contribution >= 0.6 is 0 Å². The molecule has 1 N–H and O–H groups in total. The Morgan fingerprint density at radius 3 is 2.62 bits per heavy atom. The van der Waals surface area contributed by atoms with Crippen LogP contribution in [0.15, 0.2) is 18.2 Å². The highest BCUT2D eigenvalue weighted by atomic mass is 19.4. The van der Waals surface area contributed by atoms with Gasteiger partial charge < -0.3 is 10.2 Å². The normalized spacial score (nSPS) is 23.2. The number of rotatable bonds is 5. The maximum atomic E-state index is 14.4. The molecule has 5 rings (SSSR count). The third-order valence-corrected chi connectivity index (χ3v) is 6.75. The van der Waals surface area contributed by atoms with Crippen molar-refractivity contribution in [3.05, 3.63) is 46.8 Å². The van der Waals surface area contributed by atoms with Crippen LogP contribution in [0.3, 0.4) is 0 Å². The van der Waals surface area contributed by atoms with Crippen LogP contribution < -0.4 is 5.32 Å². The monoisotopic (exact) mass is 454 g/mol. The smallest absolute Gasteiger partial charge is 0.348 e. The molecule has 2 heterocycles. The van der Waals surface area contributed by atoms with Gasteiger partial charge in [0.25, 0.3) is 5.91 Å². The number of alkyl halides is 3. The number of carbonyl (C=O) groups excluding carboxylic acids is 1. The molecular formula is C22H23F5N4O. The Bertz CT molecular complexity index is 1040. The minimum absolute atomic E-state index is 0.0336. The van der Waals surface area contributed by atoms with Gasteiger partial charge in [0.05, 0.1) is 12.1 Å². The summed E-state index contributed by atoms with van der Waals surface area (Å²) in [7, 11) is 0. The molecule has 32 heavy (non-hydrogen) atoms. The second-order valence-corrected chi connectivity index (χ2v) is 8.98. The number of hydrogen-bond acceptors (Lipinski definition) is 3. The molecule has 0 bridgehead atoms. The Morgan fingerprint density at radius 1 is 1.19 bits per heavy atom. The highest BCUT2D eigenvalue weighted by Gasteiger charge is 2.50. The molecule has 1 saturated carbocycles. The standard InChI is InChI=1S/C22H23F5N4O/c23-13-1-2-18(17(24)11-13)31-20-15-9-12(15)10-16(20)19(29-31)21(32)28-14-3-6-30(7-4-14)8-5-22(25,26)27/h1-2,11-12,14-15H,3-10H2,(H,28,32)/t12-,15-/m1/s1. The molecule has 1 aliphatic heterocycles. The molecule has 0 radical (unpaired) electrons. The van der Waals surface area contributed by atoms with Gasteiger partial charge in [-0.3, -0.25) is 4.79 Å². The van der Waals surface area contributed by atoms with E-state index < -0.39 is 24.2 Å². The highest BCUT2D eigenvalue weighted by Crippen LogP contribution is 2.57. The zero-order valence-electron chi connectivity index (χ0n) is 17.3. The van der Waals surface area contributed by atoms with Gasteiger partial charge in [-0.1, -0.05) is 0 Å². The molecule has 2 fully saturated rings. The Labute approximate surface area is 181 Å². The van der Waals surface area contributed by atoms with Crippen LogP contribution in [0.4, 0.5) is 22.0 Å². The summed E-state index contributed by atoms with van der Waals surface area (Å²) in [5.41, 5.74) is 2.02. The van der Waals surface area contributed by atoms with Gasteiger partial charge in [-0.05, 0) is 43.7 Å². The topological polar surface area (TPSA) is 50.2 Å². The lowest BCUT2D eigenvalue weighted by Gasteiger charge is -2.32. The number of nitrogens with one attached hydrogen (secondary N) is 1. The number of carbonyl (C=O) groups is 1. The fourth-order valence-electron chi connectivity index (χ4n) is 4.97. The van der Waals surface area contributed by atoms with Crippen LogP contribution in [-0.2, 0) is 6.42 Å². The molecule has 0 unspecified atom stereocenters. The van der Waals surface area contributed by atoms with Gasteiger partial charge in [0.2, 0.25) is 0 Å². The second-order valence-electron chi connectivity index (χ2n) is 8.98. The molecule has 1 amide bonds. The summed E-state index contributed by atoms with van der Waals surface area (Å²) in [5, 5.41) is 7.37. The van der Waals surface area contributed by atoms with Crippen LogP contribution in [0.1, 0.15) is 53.3 Å². The number of benzene rings is 1. The van der Waals surface area contributed by atoms with Gasteiger partial charge in [-0.2, -0.15) is 18.3 Å². The first-order valence-corrected chi connectivity index (χ1v) is 10.9. The maximum absolute atomic E-state index is 14.4. The van der Waals surface area contributed by atoms with E-state index in [0.29, 0.717) is 38.3 Å². The van der Waals surface area contributed by atoms with Gasteiger partial charge in [-0.25, -0.2) is 13.5 Å². The van der Waals surface area contributed by atoms with Crippen molar-refractivity contribution in [1.82, 2.24) is 20.0 Å². The number of nitrogens with zero attached hydrogens (tertiary/aromatic N) is 3. The van der Waals surface area contributed by atoms with Gasteiger partial charge in [0.1, 0.15) is 11.5 Å². The average Bonchev–Trinajstić information content (AvgIpc) is 3.23. The molecule has 1 aromatic heterocycles. The summed E-state index contributed by atoms with van der Waals surface area (Å²) < 4.78 is 66.5. The van der Waals surface area contributed by atoms with Crippen molar-refractivity contribution in [3.8, 4) is 5.69 Å². The van der Waals surface area contributed by atoms with E-state index in [1.807, 2.05) is 0 Å². The first kappa shape index (κ1) is 21.4. The predicted octanol–water partition coefficient (Wildman–Crippen LogP) is 3.96. The fraction of sp³-hybridized carbons (Fsp3) is 0.545. The average molecular weight is 454 g/mol. The molecule has 2 atom stereocenters. The first-order chi connectivity index (χ1) is 15.2. The zero-order valence-corrected chi connectivity index (χ0v) is 17.3. The molecule has 0 spiro atoms. The highest BCUT2D eigenvalue weighted by molar-refractivity contribution is 5.94. The summed E-state index contributed by atoms with van der Waals surface area (Å²) in [6.45, 7) is 0.936. The molecule has 1 saturated heterocycles. The molecule has 10 heteroatoms. The first-order valence-electron chi connectivity index (χ1n) is 10.9. The number of fused-ring (bicyclic) bond motifs is 3. The SMILES string of the molecule is O=C(NC1CCN(CCC(F)(F)F)CC1)c1nn(-c2ccc(F)cc2F)c2c1C[C@H]1C[C@@H]21. The number of piperidine rings is 1. The summed E-state index contributed by atoms with van der Waals surface area (Å²) in [4.78, 5) is 14.8. The molecule has 2 aromatic rings. The predicted molar refractivity (Wildman–Crippen MR) is 106 cm³/mol. The molecule has 1 aromatic carbocycles. The lowest BCUT2D eigenvalue weighted by Crippen LogP contribution is -2.45. The molecule has 172 valence electrons. The third kappa shape index (κ3) is 4.12. The number of hydrogen-bond donors (Lipinski definition) is 1. The number of amides is 1. The van der Waals surface area contributed by atoms with E-state index in [2.05, 4.69) is 10.4 Å². The summed E-state index contributed by atoms with van der Waals surface area (Å²) >= 11 is 0. The van der Waals surface area contributed by atoms with Gasteiger partial charge in [-0.15, -0.1) is 0 Å². The Balaban J connectivity index is 1.29. The molecule has 5 nitrogen and oxygen atoms in total. The van der Waals surface area contributed by atoms with Gasteiger partial charge >= 0.3 is 6.18 Å². The zero-order chi connectivity index (χ0) is 22.6. The van der Waals surface area contributed by atoms with Crippen molar-refractivity contribution >= 4 is 5.91 Å². The van der Waals surface area contributed by atoms with Crippen molar-refractivity contribution in [2.24, 2.45) is 5.92 Å². The number of aromatic nitrogens is 2. The van der Waals surface area contributed by atoms with Crippen LogP contribution in [0.2, 0.25) is 0 Å². The molecule has 2 aliphatic carbocycles. The van der Waals surface area contributed by atoms with Crippen molar-refractivity contribution in [3.63, 3.8) is 0 Å². The summed E-state index contributed by atoms with van der Waals surface area (Å²) in [5.74, 6) is -1.10. The van der Waals surface area contributed by atoms with Crippen molar-refractivity contribution in [2.45, 2.75) is 50.2 Å². The Hall–Kier alpha value is -2.49. The maximum Gasteiger partial charge on any atom is 0.390 e. The molecule has 3 aliphatic rings. The largest absolute Gasteiger partial charge is 0.390 e. The van der Waals surface area contributed by atoms with Crippen LogP contribution in [0.25, 0.3) is 5.69 Å². The van der Waals surface area contributed by atoms with E-state index in [-0.39, 0.29) is 35.8 Å². The van der Waals surface area contributed by atoms with Crippen molar-refractivity contribution in [2.75, 3.05) is 19.6 Å². The van der Waals surface area contributed by atoms with Crippen molar-refractivity contribution < 1.29 is 26.7 Å². The minimum Gasteiger partial charge on any atom is -0.348 e. The Kier molecular flexibility index (Phi) is 5.22. The minimum atomic E-state index is -4.17. The lowest BCUT2D eigenvalue weighted by atomic mass is 10.0. The summed E-state index contributed by atoms with van der Waals surface area (Å²) in [6, 6.07) is 3.14. The van der Waals surface area contributed by atoms with E-state index in [0.717, 1.165) is 29.8 Å².